The molecule has 5 rings (SSSR count). The molecule has 1 atom stereocenters. The highest BCUT2D eigenvalue weighted by Crippen LogP contribution is 2.37. The first-order valence-corrected chi connectivity index (χ1v) is 9.81. The predicted octanol–water partition coefficient (Wildman–Crippen LogP) is 3.16. The minimum absolute atomic E-state index is 0.722. The summed E-state index contributed by atoms with van der Waals surface area (Å²) in [5.41, 5.74) is 10.8. The number of hydrogen-bond acceptors (Lipinski definition) is 6. The van der Waals surface area contributed by atoms with E-state index in [9.17, 15) is 0 Å². The van der Waals surface area contributed by atoms with E-state index in [4.69, 9.17) is 5.73 Å². The lowest BCUT2D eigenvalue weighted by Crippen LogP contribution is -2.39. The quantitative estimate of drug-likeness (QED) is 0.553. The number of nitrogens with two attached hydrogens (primary N) is 1. The summed E-state index contributed by atoms with van der Waals surface area (Å²) in [6, 6.07) is 18.5. The maximum Gasteiger partial charge on any atom is 0.163 e. The number of nitrogens with one attached hydrogen (secondary N) is 1. The van der Waals surface area contributed by atoms with Gasteiger partial charge in [-0.05, 0) is 29.3 Å². The van der Waals surface area contributed by atoms with Crippen LogP contribution in [-0.4, -0.2) is 35.2 Å². The number of aliphatic imine (C=N–C) groups is 1. The molecule has 3 N–H and O–H groups in total. The van der Waals surface area contributed by atoms with Crippen LogP contribution >= 0.6 is 0 Å². The first-order chi connectivity index (χ1) is 14.5. The monoisotopic (exact) mass is 397 g/mol. The lowest BCUT2D eigenvalue weighted by molar-refractivity contribution is 0.571. The van der Waals surface area contributed by atoms with Crippen LogP contribution in [0, 0.1) is 0 Å². The van der Waals surface area contributed by atoms with Crippen molar-refractivity contribution in [3.63, 3.8) is 0 Å². The van der Waals surface area contributed by atoms with Crippen LogP contribution in [0.2, 0.25) is 0 Å². The van der Waals surface area contributed by atoms with Crippen molar-refractivity contribution in [3.8, 4) is 0 Å². The molecule has 0 fully saturated rings. The maximum absolute atomic E-state index is 6.87. The second-order valence-electron chi connectivity index (χ2n) is 7.71. The fourth-order valence-electron chi connectivity index (χ4n) is 3.83. The molecular formula is C23H23N7. The molecular weight excluding hydrogens is 374 g/mol. The second kappa shape index (κ2) is 6.96. The Morgan fingerprint density at radius 1 is 1.07 bits per heavy atom. The number of aromatic nitrogens is 3. The van der Waals surface area contributed by atoms with Crippen LogP contribution in [0.15, 0.2) is 72.0 Å². The van der Waals surface area contributed by atoms with Crippen LogP contribution in [0.3, 0.4) is 0 Å². The average molecular weight is 397 g/mol. The van der Waals surface area contributed by atoms with Gasteiger partial charge in [0, 0.05) is 25.0 Å². The van der Waals surface area contributed by atoms with E-state index in [-0.39, 0.29) is 0 Å². The van der Waals surface area contributed by atoms with Gasteiger partial charge in [-0.2, -0.15) is 5.10 Å². The van der Waals surface area contributed by atoms with Crippen molar-refractivity contribution >= 4 is 28.7 Å². The fraction of sp³-hybridized carbons (Fsp3) is 0.174. The minimum atomic E-state index is -0.996. The predicted molar refractivity (Wildman–Crippen MR) is 121 cm³/mol. The lowest BCUT2D eigenvalue weighted by Gasteiger charge is -2.32. The van der Waals surface area contributed by atoms with Crippen molar-refractivity contribution in [1.29, 1.82) is 0 Å². The first-order valence-electron chi connectivity index (χ1n) is 9.81. The molecule has 3 heterocycles. The van der Waals surface area contributed by atoms with Crippen LogP contribution in [0.1, 0.15) is 16.7 Å². The van der Waals surface area contributed by atoms with Crippen LogP contribution in [0.25, 0.3) is 10.9 Å². The molecule has 0 aliphatic carbocycles. The summed E-state index contributed by atoms with van der Waals surface area (Å²) < 4.78 is 2.01. The molecule has 7 heteroatoms. The Morgan fingerprint density at radius 3 is 2.70 bits per heavy atom. The maximum atomic E-state index is 6.87. The molecule has 1 unspecified atom stereocenters. The smallest absolute Gasteiger partial charge is 0.163 e. The van der Waals surface area contributed by atoms with Gasteiger partial charge in [-0.1, -0.05) is 36.4 Å². The molecule has 0 saturated carbocycles. The Hall–Kier alpha value is -3.71. The summed E-state index contributed by atoms with van der Waals surface area (Å²) in [5, 5.41) is 8.78. The van der Waals surface area contributed by atoms with Crippen molar-refractivity contribution in [3.05, 3.63) is 83.7 Å². The molecule has 0 radical (unpaired) electrons. The third kappa shape index (κ3) is 3.00. The molecule has 2 aromatic carbocycles. The summed E-state index contributed by atoms with van der Waals surface area (Å²) in [6.07, 6.45) is 5.32. The molecule has 30 heavy (non-hydrogen) atoms. The van der Waals surface area contributed by atoms with Crippen LogP contribution in [0.5, 0.6) is 0 Å². The topological polar surface area (TPSA) is 84.4 Å². The summed E-state index contributed by atoms with van der Waals surface area (Å²) in [5.74, 6) is 0.833. The number of benzene rings is 2. The van der Waals surface area contributed by atoms with E-state index in [1.807, 2.05) is 60.2 Å². The van der Waals surface area contributed by atoms with Crippen molar-refractivity contribution < 1.29 is 0 Å². The van der Waals surface area contributed by atoms with Gasteiger partial charge in [-0.15, -0.1) is 0 Å². The summed E-state index contributed by atoms with van der Waals surface area (Å²) >= 11 is 0. The second-order valence-corrected chi connectivity index (χ2v) is 7.71. The molecule has 4 aromatic rings. The van der Waals surface area contributed by atoms with E-state index in [2.05, 4.69) is 44.7 Å². The number of hydrogen-bond donors (Lipinski definition) is 2. The molecule has 0 spiro atoms. The fourth-order valence-corrected chi connectivity index (χ4v) is 3.83. The number of rotatable bonds is 4. The number of fused-ring (bicyclic) bond motifs is 2. The van der Waals surface area contributed by atoms with E-state index in [1.54, 1.807) is 12.5 Å². The van der Waals surface area contributed by atoms with Gasteiger partial charge in [0.15, 0.2) is 5.66 Å². The summed E-state index contributed by atoms with van der Waals surface area (Å²) in [7, 11) is 3.92. The Morgan fingerprint density at radius 2 is 1.90 bits per heavy atom. The molecule has 0 amide bonds. The standard InChI is InChI=1S/C23H23N7/c1-29(2)22-11-19-20(13-25-22)26-15-27-23(19,24)18-8-9-21-17(10-18)12-28-30(21)14-16-6-4-3-5-7-16/h3-13,15H,14,24H2,1-2H3,(H,26,27). The van der Waals surface area contributed by atoms with Gasteiger partial charge in [0.2, 0.25) is 0 Å². The van der Waals surface area contributed by atoms with Gasteiger partial charge in [0.25, 0.3) is 0 Å². The zero-order valence-electron chi connectivity index (χ0n) is 16.9. The van der Waals surface area contributed by atoms with E-state index < -0.39 is 5.66 Å². The number of pyridine rings is 1. The van der Waals surface area contributed by atoms with Crippen molar-refractivity contribution in [2.75, 3.05) is 24.3 Å². The molecule has 7 nitrogen and oxygen atoms in total. The van der Waals surface area contributed by atoms with Crippen LogP contribution in [0.4, 0.5) is 11.5 Å². The first kappa shape index (κ1) is 18.3. The number of nitrogens with zero attached hydrogens (tertiary/aromatic N) is 5. The minimum Gasteiger partial charge on any atom is -0.363 e. The average Bonchev–Trinajstić information content (AvgIpc) is 3.16. The van der Waals surface area contributed by atoms with Crippen LogP contribution < -0.4 is 16.0 Å². The molecule has 1 aliphatic rings. The van der Waals surface area contributed by atoms with E-state index in [1.165, 1.54) is 5.56 Å². The SMILES string of the molecule is CN(C)c1cc2c(cn1)NC=NC2(N)c1ccc2c(cnn2Cc2ccccc2)c1. The normalized spacial score (nSPS) is 17.6. The van der Waals surface area contributed by atoms with Crippen molar-refractivity contribution in [1.82, 2.24) is 14.8 Å². The lowest BCUT2D eigenvalue weighted by atomic mass is 9.90. The van der Waals surface area contributed by atoms with Crippen molar-refractivity contribution in [2.45, 2.75) is 12.2 Å². The Labute approximate surface area is 174 Å². The Bertz CT molecular complexity index is 1240. The van der Waals surface area contributed by atoms with E-state index in [0.29, 0.717) is 0 Å². The van der Waals surface area contributed by atoms with E-state index >= 15 is 0 Å². The van der Waals surface area contributed by atoms with Gasteiger partial charge >= 0.3 is 0 Å². The third-order valence-corrected chi connectivity index (χ3v) is 5.50. The molecule has 150 valence electrons. The zero-order chi connectivity index (χ0) is 20.7. The zero-order valence-corrected chi connectivity index (χ0v) is 16.9. The summed E-state index contributed by atoms with van der Waals surface area (Å²) in [4.78, 5) is 11.1. The van der Waals surface area contributed by atoms with Crippen molar-refractivity contribution in [2.24, 2.45) is 10.7 Å². The molecule has 1 aliphatic heterocycles. The molecule has 2 aromatic heterocycles. The summed E-state index contributed by atoms with van der Waals surface area (Å²) in [6.45, 7) is 0.722. The van der Waals surface area contributed by atoms with Gasteiger partial charge in [-0.25, -0.2) is 9.98 Å². The van der Waals surface area contributed by atoms with E-state index in [0.717, 1.165) is 40.1 Å². The molecule has 0 saturated heterocycles. The van der Waals surface area contributed by atoms with Gasteiger partial charge < -0.3 is 10.2 Å². The van der Waals surface area contributed by atoms with Crippen LogP contribution in [-0.2, 0) is 12.2 Å². The van der Waals surface area contributed by atoms with Gasteiger partial charge in [0.1, 0.15) is 5.82 Å². The highest BCUT2D eigenvalue weighted by molar-refractivity contribution is 5.84. The third-order valence-electron chi connectivity index (χ3n) is 5.50. The highest BCUT2D eigenvalue weighted by Gasteiger charge is 2.34. The highest BCUT2D eigenvalue weighted by atomic mass is 15.3. The number of anilines is 2. The van der Waals surface area contributed by atoms with Gasteiger partial charge in [-0.3, -0.25) is 10.4 Å². The molecule has 0 bridgehead atoms. The van der Waals surface area contributed by atoms with Gasteiger partial charge in [0.05, 0.1) is 36.5 Å². The Balaban J connectivity index is 1.56. The Kier molecular flexibility index (Phi) is 4.25. The largest absolute Gasteiger partial charge is 0.363 e.